The number of hydrogen-bond donors (Lipinski definition) is 0. The molecular weight excluding hydrogens is 1040 g/mol. The molecule has 0 unspecified atom stereocenters. The molecule has 12 aromatic carbocycles. The molecule has 0 saturated heterocycles. The number of para-hydroxylation sites is 2. The van der Waals surface area contributed by atoms with Gasteiger partial charge in [-0.15, -0.1) is 0 Å². The quantitative estimate of drug-likeness (QED) is 0.144. The van der Waals surface area contributed by atoms with Crippen LogP contribution in [0.3, 0.4) is 0 Å². The summed E-state index contributed by atoms with van der Waals surface area (Å²) in [6.45, 7) is 6.83. The summed E-state index contributed by atoms with van der Waals surface area (Å²) in [6.07, 6.45) is 0. The maximum absolute atomic E-state index is 6.49. The lowest BCUT2D eigenvalue weighted by molar-refractivity contribution is 0.590. The Morgan fingerprint density at radius 1 is 0.282 bits per heavy atom. The van der Waals surface area contributed by atoms with Gasteiger partial charge in [0.1, 0.15) is 22.3 Å². The summed E-state index contributed by atoms with van der Waals surface area (Å²) in [5.74, 6) is 1.57. The highest BCUT2D eigenvalue weighted by molar-refractivity contribution is 6.17. The van der Waals surface area contributed by atoms with E-state index in [1.54, 1.807) is 0 Å². The predicted molar refractivity (Wildman–Crippen MR) is 351 cm³/mol. The largest absolute Gasteiger partial charge is 0.456 e. The monoisotopic (exact) mass is 1090 g/mol. The lowest BCUT2D eigenvalue weighted by Gasteiger charge is -2.23. The van der Waals surface area contributed by atoms with Crippen molar-refractivity contribution in [1.82, 2.24) is 19.5 Å². The predicted octanol–water partition coefficient (Wildman–Crippen LogP) is 21.4. The third kappa shape index (κ3) is 8.69. The standard InChI is InChI=1S/C79H54N4O2/c1-79(2,3)59-37-32-53(33-38-59)64-43-57(50-22-10-5-11-23-50)44-68-67-42-54(49-20-8-4-9-21-49)36-41-69(67)83(75(64)68)74-65(51-24-12-6-13-25-51)45-58(46-66(74)52-26-14-7-15-27-52)78-81-76(55-34-39-62-60-28-16-18-30-70(60)84-72(62)47-55)80-77(82-78)56-35-40-63-61-29-17-19-31-71(61)85-73(63)48-56/h4-48H,1-3H3. The fraction of sp³-hybridized carbons (Fsp3) is 0.0506. The number of hydrogen-bond acceptors (Lipinski definition) is 5. The minimum atomic E-state index is -0.0241. The fourth-order valence-electron chi connectivity index (χ4n) is 12.5. The summed E-state index contributed by atoms with van der Waals surface area (Å²) in [5, 5.41) is 6.48. The van der Waals surface area contributed by atoms with Crippen LogP contribution in [0.5, 0.6) is 0 Å². The van der Waals surface area contributed by atoms with Gasteiger partial charge in [0.2, 0.25) is 0 Å². The van der Waals surface area contributed by atoms with Gasteiger partial charge < -0.3 is 13.4 Å². The van der Waals surface area contributed by atoms with E-state index in [2.05, 4.69) is 262 Å². The van der Waals surface area contributed by atoms with Crippen LogP contribution in [0, 0.1) is 0 Å². The van der Waals surface area contributed by atoms with E-state index in [0.717, 1.165) is 144 Å². The molecule has 0 fully saturated rings. The first-order valence-corrected chi connectivity index (χ1v) is 29.0. The second-order valence-electron chi connectivity index (χ2n) is 23.1. The molecule has 0 amide bonds. The first-order valence-electron chi connectivity index (χ1n) is 29.0. The summed E-state index contributed by atoms with van der Waals surface area (Å²) < 4.78 is 15.5. The van der Waals surface area contributed by atoms with Crippen molar-refractivity contribution in [3.8, 4) is 95.5 Å². The van der Waals surface area contributed by atoms with Crippen LogP contribution < -0.4 is 0 Å². The third-order valence-electron chi connectivity index (χ3n) is 16.8. The molecule has 0 aliphatic carbocycles. The van der Waals surface area contributed by atoms with E-state index < -0.39 is 0 Å². The van der Waals surface area contributed by atoms with Crippen LogP contribution >= 0.6 is 0 Å². The van der Waals surface area contributed by atoms with Crippen molar-refractivity contribution in [3.63, 3.8) is 0 Å². The van der Waals surface area contributed by atoms with Crippen molar-refractivity contribution in [2.45, 2.75) is 26.2 Å². The smallest absolute Gasteiger partial charge is 0.164 e. The van der Waals surface area contributed by atoms with Crippen LogP contribution in [0.1, 0.15) is 26.3 Å². The fourth-order valence-corrected chi connectivity index (χ4v) is 12.5. The van der Waals surface area contributed by atoms with Gasteiger partial charge >= 0.3 is 0 Å². The van der Waals surface area contributed by atoms with Crippen LogP contribution in [0.15, 0.2) is 282 Å². The summed E-state index contributed by atoms with van der Waals surface area (Å²) >= 11 is 0. The van der Waals surface area contributed by atoms with Crippen molar-refractivity contribution in [1.29, 1.82) is 0 Å². The number of aromatic nitrogens is 4. The van der Waals surface area contributed by atoms with E-state index in [0.29, 0.717) is 17.5 Å². The molecular formula is C79H54N4O2. The maximum atomic E-state index is 6.49. The van der Waals surface area contributed by atoms with Gasteiger partial charge in [-0.05, 0) is 123 Å². The SMILES string of the molecule is CC(C)(C)c1ccc(-c2cc(-c3ccccc3)cc3c4cc(-c5ccccc5)ccc4n(-c4c(-c5ccccc5)cc(-c5nc(-c6ccc7c(c6)oc6ccccc67)nc(-c6ccc7c(c6)oc6ccccc67)n5)cc4-c4ccccc4)c23)cc1. The Hall–Kier alpha value is -11.0. The molecule has 4 heterocycles. The average molecular weight is 1090 g/mol. The molecule has 16 aromatic rings. The van der Waals surface area contributed by atoms with Gasteiger partial charge in [0.05, 0.1) is 16.7 Å². The van der Waals surface area contributed by atoms with E-state index >= 15 is 0 Å². The number of furan rings is 2. The minimum absolute atomic E-state index is 0.0241. The highest BCUT2D eigenvalue weighted by Gasteiger charge is 2.27. The van der Waals surface area contributed by atoms with E-state index in [9.17, 15) is 0 Å². The molecule has 402 valence electrons. The van der Waals surface area contributed by atoms with Crippen molar-refractivity contribution < 1.29 is 8.83 Å². The van der Waals surface area contributed by atoms with Gasteiger partial charge in [-0.3, -0.25) is 0 Å². The first-order chi connectivity index (χ1) is 41.7. The van der Waals surface area contributed by atoms with E-state index in [1.807, 2.05) is 36.4 Å². The molecule has 0 N–H and O–H groups in total. The Kier molecular flexibility index (Phi) is 11.7. The highest BCUT2D eigenvalue weighted by atomic mass is 16.3. The Labute approximate surface area is 491 Å². The number of benzene rings is 12. The van der Waals surface area contributed by atoms with E-state index in [4.69, 9.17) is 23.8 Å². The second kappa shape index (κ2) is 19.9. The molecule has 4 aromatic heterocycles. The molecule has 0 aliphatic heterocycles. The number of fused-ring (bicyclic) bond motifs is 9. The summed E-state index contributed by atoms with van der Waals surface area (Å²) in [4.78, 5) is 16.3. The number of rotatable bonds is 9. The first kappa shape index (κ1) is 49.8. The second-order valence-corrected chi connectivity index (χ2v) is 23.1. The van der Waals surface area contributed by atoms with Crippen LogP contribution in [0.25, 0.3) is 161 Å². The van der Waals surface area contributed by atoms with Gasteiger partial charge in [-0.2, -0.15) is 0 Å². The Bertz CT molecular complexity index is 5060. The van der Waals surface area contributed by atoms with Crippen LogP contribution in [0.2, 0.25) is 0 Å². The van der Waals surface area contributed by atoms with E-state index in [1.165, 1.54) is 5.56 Å². The summed E-state index contributed by atoms with van der Waals surface area (Å²) in [6, 6.07) is 97.5. The normalized spacial score (nSPS) is 11.9. The Morgan fingerprint density at radius 2 is 0.682 bits per heavy atom. The highest BCUT2D eigenvalue weighted by Crippen LogP contribution is 2.48. The topological polar surface area (TPSA) is 69.9 Å². The van der Waals surface area contributed by atoms with Crippen LogP contribution in [-0.4, -0.2) is 19.5 Å². The van der Waals surface area contributed by atoms with Gasteiger partial charge in [-0.1, -0.05) is 221 Å². The van der Waals surface area contributed by atoms with Crippen LogP contribution in [0.4, 0.5) is 0 Å². The van der Waals surface area contributed by atoms with Crippen LogP contribution in [-0.2, 0) is 5.41 Å². The summed E-state index contributed by atoms with van der Waals surface area (Å²) in [7, 11) is 0. The zero-order chi connectivity index (χ0) is 56.8. The summed E-state index contributed by atoms with van der Waals surface area (Å²) in [5.41, 5.74) is 21.1. The molecule has 0 radical (unpaired) electrons. The zero-order valence-corrected chi connectivity index (χ0v) is 47.1. The van der Waals surface area contributed by atoms with E-state index in [-0.39, 0.29) is 5.41 Å². The molecule has 16 rings (SSSR count). The molecule has 6 heteroatoms. The van der Waals surface area contributed by atoms with Gasteiger partial charge in [0.15, 0.2) is 17.5 Å². The zero-order valence-electron chi connectivity index (χ0n) is 47.1. The molecule has 0 atom stereocenters. The Balaban J connectivity index is 1.01. The third-order valence-corrected chi connectivity index (χ3v) is 16.8. The lowest BCUT2D eigenvalue weighted by Crippen LogP contribution is -2.10. The minimum Gasteiger partial charge on any atom is -0.456 e. The van der Waals surface area contributed by atoms with Crippen molar-refractivity contribution in [2.75, 3.05) is 0 Å². The van der Waals surface area contributed by atoms with Crippen molar-refractivity contribution >= 4 is 65.7 Å². The molecule has 6 nitrogen and oxygen atoms in total. The van der Waals surface area contributed by atoms with Gasteiger partial charge in [-0.25, -0.2) is 15.0 Å². The van der Waals surface area contributed by atoms with Gasteiger partial charge in [0, 0.05) is 65.7 Å². The van der Waals surface area contributed by atoms with Gasteiger partial charge in [0.25, 0.3) is 0 Å². The molecule has 85 heavy (non-hydrogen) atoms. The molecule has 0 aliphatic rings. The number of nitrogens with zero attached hydrogens (tertiary/aromatic N) is 4. The molecule has 0 bridgehead atoms. The maximum Gasteiger partial charge on any atom is 0.164 e. The van der Waals surface area contributed by atoms with Crippen molar-refractivity contribution in [3.05, 3.63) is 279 Å². The molecule has 0 saturated carbocycles. The van der Waals surface area contributed by atoms with Crippen molar-refractivity contribution in [2.24, 2.45) is 0 Å². The average Bonchev–Trinajstić information content (AvgIpc) is 1.70. The lowest BCUT2D eigenvalue weighted by atomic mass is 9.86. The Morgan fingerprint density at radius 3 is 1.20 bits per heavy atom. The molecule has 0 spiro atoms.